The summed E-state index contributed by atoms with van der Waals surface area (Å²) < 4.78 is 0. The van der Waals surface area contributed by atoms with Crippen LogP contribution in [0.25, 0.3) is 0 Å². The SMILES string of the molecule is CCC(C)NC1(CO)CCCCCCC1. The summed E-state index contributed by atoms with van der Waals surface area (Å²) in [5.41, 5.74) is 0.0237. The predicted octanol–water partition coefficient (Wildman–Crippen LogP) is 2.85. The van der Waals surface area contributed by atoms with Crippen molar-refractivity contribution in [2.45, 2.75) is 76.8 Å². The molecule has 0 spiro atoms. The van der Waals surface area contributed by atoms with Crippen molar-refractivity contribution >= 4 is 0 Å². The maximum Gasteiger partial charge on any atom is 0.0613 e. The highest BCUT2D eigenvalue weighted by Gasteiger charge is 2.30. The first-order valence-electron chi connectivity index (χ1n) is 6.61. The second-order valence-corrected chi connectivity index (χ2v) is 5.16. The molecule has 0 aromatic carbocycles. The van der Waals surface area contributed by atoms with Crippen LogP contribution in [-0.2, 0) is 0 Å². The Labute approximate surface area is 94.5 Å². The molecule has 0 bridgehead atoms. The summed E-state index contributed by atoms with van der Waals surface area (Å²) in [6.45, 7) is 4.72. The number of hydrogen-bond acceptors (Lipinski definition) is 2. The van der Waals surface area contributed by atoms with Gasteiger partial charge in [0.25, 0.3) is 0 Å². The Hall–Kier alpha value is -0.0800. The minimum atomic E-state index is 0.0237. The molecule has 15 heavy (non-hydrogen) atoms. The zero-order valence-electron chi connectivity index (χ0n) is 10.4. The molecule has 0 heterocycles. The Morgan fingerprint density at radius 1 is 1.13 bits per heavy atom. The molecule has 0 saturated heterocycles. The van der Waals surface area contributed by atoms with E-state index >= 15 is 0 Å². The van der Waals surface area contributed by atoms with Crippen LogP contribution >= 0.6 is 0 Å². The fourth-order valence-corrected chi connectivity index (χ4v) is 2.55. The van der Waals surface area contributed by atoms with E-state index in [1.54, 1.807) is 0 Å². The quantitative estimate of drug-likeness (QED) is 0.752. The fourth-order valence-electron chi connectivity index (χ4n) is 2.55. The van der Waals surface area contributed by atoms with Crippen molar-refractivity contribution in [3.8, 4) is 0 Å². The second-order valence-electron chi connectivity index (χ2n) is 5.16. The van der Waals surface area contributed by atoms with Gasteiger partial charge < -0.3 is 10.4 Å². The van der Waals surface area contributed by atoms with Crippen molar-refractivity contribution in [2.24, 2.45) is 0 Å². The summed E-state index contributed by atoms with van der Waals surface area (Å²) in [7, 11) is 0. The maximum atomic E-state index is 9.64. The average Bonchev–Trinajstić information content (AvgIpc) is 2.22. The molecule has 0 amide bonds. The van der Waals surface area contributed by atoms with E-state index in [1.165, 1.54) is 32.1 Å². The maximum absolute atomic E-state index is 9.64. The van der Waals surface area contributed by atoms with Crippen LogP contribution in [0.4, 0.5) is 0 Å². The van der Waals surface area contributed by atoms with Crippen LogP contribution in [0.1, 0.15) is 65.2 Å². The van der Waals surface area contributed by atoms with Gasteiger partial charge in [0.2, 0.25) is 0 Å². The number of aliphatic hydroxyl groups excluding tert-OH is 1. The van der Waals surface area contributed by atoms with Crippen LogP contribution < -0.4 is 5.32 Å². The number of rotatable bonds is 4. The monoisotopic (exact) mass is 213 g/mol. The largest absolute Gasteiger partial charge is 0.394 e. The van der Waals surface area contributed by atoms with Crippen LogP contribution in [-0.4, -0.2) is 23.3 Å². The van der Waals surface area contributed by atoms with Gasteiger partial charge in [-0.05, 0) is 26.2 Å². The third-order valence-corrected chi connectivity index (χ3v) is 3.78. The molecule has 2 heteroatoms. The molecule has 0 aromatic heterocycles. The molecule has 1 aliphatic carbocycles. The Morgan fingerprint density at radius 3 is 2.13 bits per heavy atom. The van der Waals surface area contributed by atoms with Gasteiger partial charge in [0.05, 0.1) is 6.61 Å². The minimum Gasteiger partial charge on any atom is -0.394 e. The van der Waals surface area contributed by atoms with Gasteiger partial charge in [-0.3, -0.25) is 0 Å². The molecule has 1 aliphatic rings. The molecule has 1 unspecified atom stereocenters. The van der Waals surface area contributed by atoms with Gasteiger partial charge >= 0.3 is 0 Å². The van der Waals surface area contributed by atoms with E-state index in [9.17, 15) is 5.11 Å². The summed E-state index contributed by atoms with van der Waals surface area (Å²) in [5, 5.41) is 13.3. The molecule has 1 rings (SSSR count). The smallest absolute Gasteiger partial charge is 0.0613 e. The summed E-state index contributed by atoms with van der Waals surface area (Å²) in [4.78, 5) is 0. The van der Waals surface area contributed by atoms with E-state index in [0.29, 0.717) is 12.6 Å². The van der Waals surface area contributed by atoms with Crippen molar-refractivity contribution in [3.63, 3.8) is 0 Å². The Morgan fingerprint density at radius 2 is 1.67 bits per heavy atom. The molecule has 2 nitrogen and oxygen atoms in total. The molecular formula is C13H27NO. The molecular weight excluding hydrogens is 186 g/mol. The second kappa shape index (κ2) is 6.49. The molecule has 0 aromatic rings. The van der Waals surface area contributed by atoms with Gasteiger partial charge in [-0.1, -0.05) is 39.0 Å². The highest BCUT2D eigenvalue weighted by Crippen LogP contribution is 2.26. The first kappa shape index (κ1) is 13.0. The van der Waals surface area contributed by atoms with Crippen molar-refractivity contribution in [1.82, 2.24) is 5.32 Å². The van der Waals surface area contributed by atoms with Crippen LogP contribution in [0.5, 0.6) is 0 Å². The number of aliphatic hydroxyl groups is 1. The van der Waals surface area contributed by atoms with Crippen LogP contribution in [0, 0.1) is 0 Å². The minimum absolute atomic E-state index is 0.0237. The van der Waals surface area contributed by atoms with Gasteiger partial charge in [-0.25, -0.2) is 0 Å². The van der Waals surface area contributed by atoms with Crippen molar-refractivity contribution in [1.29, 1.82) is 0 Å². The number of nitrogens with one attached hydrogen (secondary N) is 1. The van der Waals surface area contributed by atoms with E-state index in [2.05, 4.69) is 19.2 Å². The van der Waals surface area contributed by atoms with E-state index in [0.717, 1.165) is 19.3 Å². The lowest BCUT2D eigenvalue weighted by atomic mass is 9.84. The normalized spacial score (nSPS) is 24.2. The molecule has 90 valence electrons. The molecule has 1 atom stereocenters. The van der Waals surface area contributed by atoms with E-state index in [-0.39, 0.29) is 5.54 Å². The topological polar surface area (TPSA) is 32.3 Å². The summed E-state index contributed by atoms with van der Waals surface area (Å²) in [6.07, 6.45) is 10.0. The van der Waals surface area contributed by atoms with E-state index in [1.807, 2.05) is 0 Å². The summed E-state index contributed by atoms with van der Waals surface area (Å²) >= 11 is 0. The molecule has 1 saturated carbocycles. The number of hydrogen-bond donors (Lipinski definition) is 2. The van der Waals surface area contributed by atoms with Crippen LogP contribution in [0.15, 0.2) is 0 Å². The first-order valence-corrected chi connectivity index (χ1v) is 6.61. The Balaban J connectivity index is 2.53. The lowest BCUT2D eigenvalue weighted by Gasteiger charge is -2.37. The third-order valence-electron chi connectivity index (χ3n) is 3.78. The first-order chi connectivity index (χ1) is 7.22. The van der Waals surface area contributed by atoms with Gasteiger partial charge in [0.15, 0.2) is 0 Å². The highest BCUT2D eigenvalue weighted by atomic mass is 16.3. The van der Waals surface area contributed by atoms with Gasteiger partial charge in [0.1, 0.15) is 0 Å². The average molecular weight is 213 g/mol. The summed E-state index contributed by atoms with van der Waals surface area (Å²) in [5.74, 6) is 0. The van der Waals surface area contributed by atoms with Crippen LogP contribution in [0.2, 0.25) is 0 Å². The zero-order chi connectivity index (χ0) is 11.1. The van der Waals surface area contributed by atoms with E-state index in [4.69, 9.17) is 0 Å². The third kappa shape index (κ3) is 4.12. The molecule has 0 aliphatic heterocycles. The predicted molar refractivity (Wildman–Crippen MR) is 65.0 cm³/mol. The molecule has 1 fully saturated rings. The fraction of sp³-hybridized carbons (Fsp3) is 1.00. The Bertz CT molecular complexity index is 162. The van der Waals surface area contributed by atoms with Gasteiger partial charge in [-0.2, -0.15) is 0 Å². The van der Waals surface area contributed by atoms with Crippen molar-refractivity contribution in [3.05, 3.63) is 0 Å². The summed E-state index contributed by atoms with van der Waals surface area (Å²) in [6, 6.07) is 0.525. The van der Waals surface area contributed by atoms with Gasteiger partial charge in [-0.15, -0.1) is 0 Å². The van der Waals surface area contributed by atoms with Crippen molar-refractivity contribution < 1.29 is 5.11 Å². The lowest BCUT2D eigenvalue weighted by molar-refractivity contribution is 0.120. The van der Waals surface area contributed by atoms with Crippen molar-refractivity contribution in [2.75, 3.05) is 6.61 Å². The van der Waals surface area contributed by atoms with E-state index < -0.39 is 0 Å². The lowest BCUT2D eigenvalue weighted by Crippen LogP contribution is -2.52. The molecule has 0 radical (unpaired) electrons. The standard InChI is InChI=1S/C13H27NO/c1-3-12(2)14-13(11-15)9-7-5-4-6-8-10-13/h12,14-15H,3-11H2,1-2H3. The highest BCUT2D eigenvalue weighted by molar-refractivity contribution is 4.90. The Kier molecular flexibility index (Phi) is 5.62. The van der Waals surface area contributed by atoms with Gasteiger partial charge in [0, 0.05) is 11.6 Å². The molecule has 2 N–H and O–H groups in total. The van der Waals surface area contributed by atoms with Crippen LogP contribution in [0.3, 0.4) is 0 Å². The zero-order valence-corrected chi connectivity index (χ0v) is 10.4.